The number of hydrogen-bond donors (Lipinski definition) is 1. The van der Waals surface area contributed by atoms with E-state index in [1.54, 1.807) is 19.4 Å². The zero-order valence-corrected chi connectivity index (χ0v) is 16.2. The van der Waals surface area contributed by atoms with Crippen LogP contribution in [0.1, 0.15) is 11.1 Å². The first-order chi connectivity index (χ1) is 11.6. The highest BCUT2D eigenvalue weighted by molar-refractivity contribution is 14.1. The van der Waals surface area contributed by atoms with Crippen molar-refractivity contribution in [2.24, 2.45) is 5.10 Å². The van der Waals surface area contributed by atoms with E-state index in [4.69, 9.17) is 21.1 Å². The Morgan fingerprint density at radius 1 is 1.29 bits per heavy atom. The monoisotopic (exact) mass is 456 g/mol. The van der Waals surface area contributed by atoms with Gasteiger partial charge in [0.25, 0.3) is 0 Å². The van der Waals surface area contributed by atoms with Gasteiger partial charge in [0.05, 0.1) is 23.4 Å². The van der Waals surface area contributed by atoms with E-state index in [9.17, 15) is 0 Å². The van der Waals surface area contributed by atoms with Gasteiger partial charge in [0.15, 0.2) is 11.5 Å². The third-order valence-corrected chi connectivity index (χ3v) is 4.15. The molecule has 0 saturated heterocycles. The van der Waals surface area contributed by atoms with E-state index in [1.807, 2.05) is 36.4 Å². The minimum atomic E-state index is 0.433. The summed E-state index contributed by atoms with van der Waals surface area (Å²) in [5.41, 5.74) is 5.04. The molecule has 2 aromatic rings. The van der Waals surface area contributed by atoms with Gasteiger partial charge in [-0.25, -0.2) is 0 Å². The van der Waals surface area contributed by atoms with Gasteiger partial charge in [-0.3, -0.25) is 0 Å². The first-order valence-electron chi connectivity index (χ1n) is 7.25. The number of benzene rings is 2. The number of halogens is 2. The van der Waals surface area contributed by atoms with E-state index in [1.165, 1.54) is 0 Å². The van der Waals surface area contributed by atoms with Crippen molar-refractivity contribution in [3.8, 4) is 11.5 Å². The Morgan fingerprint density at radius 2 is 2.04 bits per heavy atom. The molecule has 0 aliphatic carbocycles. The number of methoxy groups -OCH3 is 1. The van der Waals surface area contributed by atoms with Crippen LogP contribution in [0.5, 0.6) is 11.5 Å². The Labute approximate surface area is 160 Å². The average Bonchev–Trinajstić information content (AvgIpc) is 2.59. The molecule has 0 aliphatic rings. The molecule has 0 aromatic heterocycles. The van der Waals surface area contributed by atoms with Crippen molar-refractivity contribution in [2.45, 2.75) is 6.54 Å². The number of rotatable bonds is 8. The lowest BCUT2D eigenvalue weighted by Crippen LogP contribution is -2.05. The number of nitrogens with zero attached hydrogens (tertiary/aromatic N) is 1. The molecular formula is C18H18ClIN2O2. The fourth-order valence-electron chi connectivity index (χ4n) is 1.96. The molecule has 1 N–H and O–H groups in total. The summed E-state index contributed by atoms with van der Waals surface area (Å²) in [6.45, 7) is 4.71. The summed E-state index contributed by atoms with van der Waals surface area (Å²) in [4.78, 5) is 0. The van der Waals surface area contributed by atoms with Gasteiger partial charge in [-0.05, 0) is 58.0 Å². The standard InChI is InChI=1S/C18H18ClIN2O2/c1-3-8-24-18-16(20)9-14(10-17(18)23-2)12-22-21-11-13-4-6-15(19)7-5-13/h3-7,9-10,12,21H,1,8,11H2,2H3/b22-12-. The fourth-order valence-corrected chi connectivity index (χ4v) is 2.86. The number of hydrogen-bond acceptors (Lipinski definition) is 4. The van der Waals surface area contributed by atoms with Crippen LogP contribution in [0.25, 0.3) is 0 Å². The SMILES string of the molecule is C=CCOc1c(I)cc(/C=N\NCc2ccc(Cl)cc2)cc1OC. The predicted octanol–water partition coefficient (Wildman–Crippen LogP) is 4.64. The van der Waals surface area contributed by atoms with Gasteiger partial charge < -0.3 is 14.9 Å². The van der Waals surface area contributed by atoms with Crippen molar-refractivity contribution in [3.05, 3.63) is 68.8 Å². The van der Waals surface area contributed by atoms with Crippen molar-refractivity contribution < 1.29 is 9.47 Å². The molecule has 0 amide bonds. The Kier molecular flexibility index (Phi) is 7.39. The van der Waals surface area contributed by atoms with Crippen molar-refractivity contribution in [2.75, 3.05) is 13.7 Å². The summed E-state index contributed by atoms with van der Waals surface area (Å²) in [6, 6.07) is 11.5. The number of hydrazone groups is 1. The zero-order chi connectivity index (χ0) is 17.4. The molecular weight excluding hydrogens is 439 g/mol. The summed E-state index contributed by atoms with van der Waals surface area (Å²) in [6.07, 6.45) is 3.45. The molecule has 2 rings (SSSR count). The van der Waals surface area contributed by atoms with Crippen LogP contribution in [-0.4, -0.2) is 19.9 Å². The second kappa shape index (κ2) is 9.54. The van der Waals surface area contributed by atoms with Crippen LogP contribution in [0.4, 0.5) is 0 Å². The maximum atomic E-state index is 5.86. The Bertz CT molecular complexity index is 718. The summed E-state index contributed by atoms with van der Waals surface area (Å²) < 4.78 is 12.0. The average molecular weight is 457 g/mol. The number of ether oxygens (including phenoxy) is 2. The minimum absolute atomic E-state index is 0.433. The van der Waals surface area contributed by atoms with Gasteiger partial charge in [-0.2, -0.15) is 5.10 Å². The lowest BCUT2D eigenvalue weighted by molar-refractivity contribution is 0.324. The molecule has 0 fully saturated rings. The van der Waals surface area contributed by atoms with Crippen molar-refractivity contribution in [3.63, 3.8) is 0 Å². The van der Waals surface area contributed by atoms with Crippen molar-refractivity contribution >= 4 is 40.4 Å². The maximum Gasteiger partial charge on any atom is 0.174 e. The largest absolute Gasteiger partial charge is 0.493 e. The van der Waals surface area contributed by atoms with Crippen LogP contribution >= 0.6 is 34.2 Å². The fraction of sp³-hybridized carbons (Fsp3) is 0.167. The molecule has 0 bridgehead atoms. The molecule has 6 heteroatoms. The highest BCUT2D eigenvalue weighted by atomic mass is 127. The molecule has 0 heterocycles. The molecule has 4 nitrogen and oxygen atoms in total. The summed E-state index contributed by atoms with van der Waals surface area (Å²) >= 11 is 8.08. The van der Waals surface area contributed by atoms with Gasteiger partial charge in [-0.15, -0.1) is 0 Å². The van der Waals surface area contributed by atoms with Crippen LogP contribution in [0.2, 0.25) is 5.02 Å². The quantitative estimate of drug-likeness (QED) is 0.272. The number of nitrogens with one attached hydrogen (secondary N) is 1. The lowest BCUT2D eigenvalue weighted by atomic mass is 10.2. The first kappa shape index (κ1) is 18.6. The van der Waals surface area contributed by atoms with E-state index in [0.717, 1.165) is 19.7 Å². The summed E-state index contributed by atoms with van der Waals surface area (Å²) in [7, 11) is 1.62. The van der Waals surface area contributed by atoms with Crippen molar-refractivity contribution in [1.82, 2.24) is 5.43 Å². The molecule has 0 saturated carbocycles. The van der Waals surface area contributed by atoms with E-state index >= 15 is 0 Å². The third kappa shape index (κ3) is 5.42. The van der Waals surface area contributed by atoms with E-state index in [-0.39, 0.29) is 0 Å². The molecule has 126 valence electrons. The zero-order valence-electron chi connectivity index (χ0n) is 13.3. The summed E-state index contributed by atoms with van der Waals surface area (Å²) in [5, 5.41) is 4.97. The molecule has 0 radical (unpaired) electrons. The highest BCUT2D eigenvalue weighted by Gasteiger charge is 2.10. The van der Waals surface area contributed by atoms with Gasteiger partial charge in [0, 0.05) is 5.02 Å². The Morgan fingerprint density at radius 3 is 2.71 bits per heavy atom. The molecule has 2 aromatic carbocycles. The predicted molar refractivity (Wildman–Crippen MR) is 107 cm³/mol. The van der Waals surface area contributed by atoms with Crippen LogP contribution < -0.4 is 14.9 Å². The Hall–Kier alpha value is -1.73. The molecule has 0 unspecified atom stereocenters. The highest BCUT2D eigenvalue weighted by Crippen LogP contribution is 2.33. The van der Waals surface area contributed by atoms with Gasteiger partial charge in [0.2, 0.25) is 0 Å². The van der Waals surface area contributed by atoms with Crippen LogP contribution in [0.15, 0.2) is 54.2 Å². The lowest BCUT2D eigenvalue weighted by Gasteiger charge is -2.12. The molecule has 0 atom stereocenters. The van der Waals surface area contributed by atoms with Crippen molar-refractivity contribution in [1.29, 1.82) is 0 Å². The van der Waals surface area contributed by atoms with Gasteiger partial charge >= 0.3 is 0 Å². The van der Waals surface area contributed by atoms with E-state index in [0.29, 0.717) is 24.7 Å². The van der Waals surface area contributed by atoms with Crippen LogP contribution in [0.3, 0.4) is 0 Å². The van der Waals surface area contributed by atoms with Gasteiger partial charge in [0.1, 0.15) is 6.61 Å². The maximum absolute atomic E-state index is 5.86. The Balaban J connectivity index is 2.02. The van der Waals surface area contributed by atoms with Crippen LogP contribution in [-0.2, 0) is 6.54 Å². The van der Waals surface area contributed by atoms with Gasteiger partial charge in [-0.1, -0.05) is 36.4 Å². The third-order valence-electron chi connectivity index (χ3n) is 3.10. The summed E-state index contributed by atoms with van der Waals surface area (Å²) in [5.74, 6) is 1.38. The molecule has 24 heavy (non-hydrogen) atoms. The first-order valence-corrected chi connectivity index (χ1v) is 8.71. The minimum Gasteiger partial charge on any atom is -0.493 e. The molecule has 0 spiro atoms. The smallest absolute Gasteiger partial charge is 0.174 e. The molecule has 0 aliphatic heterocycles. The normalized spacial score (nSPS) is 10.6. The van der Waals surface area contributed by atoms with E-state index in [2.05, 4.69) is 39.7 Å². The topological polar surface area (TPSA) is 42.8 Å². The second-order valence-electron chi connectivity index (χ2n) is 4.85. The van der Waals surface area contributed by atoms with Crippen LogP contribution in [0, 0.1) is 3.57 Å². The van der Waals surface area contributed by atoms with E-state index < -0.39 is 0 Å². The second-order valence-corrected chi connectivity index (χ2v) is 6.45.